The minimum absolute atomic E-state index is 0.143. The van der Waals surface area contributed by atoms with Crippen LogP contribution < -0.4 is 0 Å². The average Bonchev–Trinajstić information content (AvgIpc) is 2.72. The van der Waals surface area contributed by atoms with E-state index in [-0.39, 0.29) is 24.8 Å². The Balaban J connectivity index is 2.76. The highest BCUT2D eigenvalue weighted by molar-refractivity contribution is 14.1. The van der Waals surface area contributed by atoms with E-state index in [4.69, 9.17) is 14.2 Å². The topological polar surface area (TPSA) is 27.7 Å². The van der Waals surface area contributed by atoms with E-state index in [0.29, 0.717) is 22.2 Å². The molecule has 0 spiro atoms. The van der Waals surface area contributed by atoms with Gasteiger partial charge in [-0.2, -0.15) is 0 Å². The molecule has 0 aromatic heterocycles. The number of alkyl halides is 2. The van der Waals surface area contributed by atoms with Gasteiger partial charge in [0.1, 0.15) is 0 Å². The van der Waals surface area contributed by atoms with E-state index in [1.54, 1.807) is 0 Å². The second-order valence-corrected chi connectivity index (χ2v) is 54.0. The Morgan fingerprint density at radius 1 is 0.390 bits per heavy atom. The average molecular weight is 899 g/mol. The zero-order chi connectivity index (χ0) is 32.3. The van der Waals surface area contributed by atoms with Crippen LogP contribution in [-0.4, -0.2) is 82.1 Å². The summed E-state index contributed by atoms with van der Waals surface area (Å²) >= 11 is 5.23. The van der Waals surface area contributed by atoms with E-state index in [0.717, 1.165) is 19.9 Å². The summed E-state index contributed by atoms with van der Waals surface area (Å²) in [5.74, 6) is 0. The van der Waals surface area contributed by atoms with Crippen molar-refractivity contribution < 1.29 is 14.2 Å². The Morgan fingerprint density at radius 3 is 0.780 bits per heavy atom. The Morgan fingerprint density at radius 2 is 0.610 bits per heavy atom. The van der Waals surface area contributed by atoms with Crippen molar-refractivity contribution in [3.05, 3.63) is 0 Å². The van der Waals surface area contributed by atoms with Gasteiger partial charge in [0.05, 0.1) is 44.5 Å². The van der Waals surface area contributed by atoms with Gasteiger partial charge in [-0.3, -0.25) is 0 Å². The van der Waals surface area contributed by atoms with E-state index in [9.17, 15) is 0 Å². The van der Waals surface area contributed by atoms with E-state index in [1.807, 2.05) is 0 Å². The first kappa shape index (κ1) is 39.8. The number of hydrogen-bond acceptors (Lipinski definition) is 3. The molecule has 0 bridgehead atoms. The Labute approximate surface area is 289 Å². The van der Waals surface area contributed by atoms with E-state index < -0.39 is 48.4 Å². The molecule has 0 aliphatic carbocycles. The summed E-state index contributed by atoms with van der Waals surface area (Å²) in [5, 5.41) is 0. The molecule has 3 nitrogen and oxygen atoms in total. The summed E-state index contributed by atoms with van der Waals surface area (Å²) in [4.78, 5) is 0. The van der Waals surface area contributed by atoms with Gasteiger partial charge in [-0.25, -0.2) is 0 Å². The highest BCUT2D eigenvalue weighted by atomic mass is 127. The van der Waals surface area contributed by atoms with Crippen LogP contribution in [0.2, 0.25) is 151 Å². The van der Waals surface area contributed by atoms with Crippen LogP contribution in [0.4, 0.5) is 0 Å². The first-order valence-corrected chi connectivity index (χ1v) is 40.7. The lowest BCUT2D eigenvalue weighted by molar-refractivity contribution is -0.286. The van der Waals surface area contributed by atoms with Gasteiger partial charge in [0, 0.05) is 36.1 Å². The van der Waals surface area contributed by atoms with Crippen molar-refractivity contribution in [1.82, 2.24) is 0 Å². The number of hydrogen-bond donors (Lipinski definition) is 0. The molecule has 2 heterocycles. The lowest BCUT2D eigenvalue weighted by Gasteiger charge is -2.60. The van der Waals surface area contributed by atoms with Gasteiger partial charge in [0.25, 0.3) is 0 Å². The monoisotopic (exact) mass is 898 g/mol. The summed E-state index contributed by atoms with van der Waals surface area (Å²) < 4.78 is 24.3. The molecule has 41 heavy (non-hydrogen) atoms. The van der Waals surface area contributed by atoms with Gasteiger partial charge < -0.3 is 14.2 Å². The zero-order valence-electron chi connectivity index (χ0n) is 30.2. The SMILES string of the molecule is C[Si](C)(C)[C@@H]1[C@H]([Si](C)(C)C)[C@@H](O[C@@H]2O[C@@H](CI)[C@@H]([Si](C)(C)C)[C@H]([Si](C)(C)C)[C@@H]2[Si](C)(C)C)O[C@H](CI)[C@@H]1[Si](C)(C)C. The van der Waals surface area contributed by atoms with Gasteiger partial charge in [0.2, 0.25) is 0 Å². The molecule has 2 aliphatic heterocycles. The molecule has 2 rings (SSSR count). The van der Waals surface area contributed by atoms with Crippen LogP contribution in [-0.2, 0) is 14.2 Å². The molecule has 2 saturated heterocycles. The summed E-state index contributed by atoms with van der Waals surface area (Å²) in [6, 6.07) is 0. The van der Waals surface area contributed by atoms with Crippen molar-refractivity contribution in [3.8, 4) is 0 Å². The van der Waals surface area contributed by atoms with Gasteiger partial charge in [-0.05, 0) is 22.2 Å². The first-order valence-electron chi connectivity index (χ1n) is 16.2. The van der Waals surface area contributed by atoms with Gasteiger partial charge in [-0.15, -0.1) is 0 Å². The Kier molecular flexibility index (Phi) is 13.2. The molecule has 0 radical (unpaired) electrons. The lowest BCUT2D eigenvalue weighted by Crippen LogP contribution is -2.63. The quantitative estimate of drug-likeness (QED) is 0.124. The molecule has 0 aromatic rings. The number of halogens is 2. The predicted molar refractivity (Wildman–Crippen MR) is 219 cm³/mol. The van der Waals surface area contributed by atoms with Crippen LogP contribution >= 0.6 is 45.2 Å². The second kappa shape index (κ2) is 13.6. The summed E-state index contributed by atoms with van der Waals surface area (Å²) in [7, 11) is -9.35. The molecule has 0 saturated carbocycles. The molecular weight excluding hydrogens is 831 g/mol. The normalized spacial score (nSPS) is 36.9. The molecule has 244 valence electrons. The molecule has 0 amide bonds. The summed E-state index contributed by atoms with van der Waals surface area (Å²) in [5.41, 5.74) is 3.86. The third-order valence-electron chi connectivity index (χ3n) is 10.1. The highest BCUT2D eigenvalue weighted by Crippen LogP contribution is 2.63. The van der Waals surface area contributed by atoms with Crippen molar-refractivity contribution in [2.45, 2.75) is 176 Å². The summed E-state index contributed by atoms with van der Waals surface area (Å²) in [6.07, 6.45) is 0.284. The summed E-state index contributed by atoms with van der Waals surface area (Å²) in [6.45, 7) is 47.0. The standard InChI is InChI=1S/C30H68I2O3Si6/c1-36(2,3)23-21(19-31)33-29(27(40(13,14)15)25(23)38(7,8)9)35-30-28(41(16,17)18)26(39(10,11)12)24(37(4,5)6)22(20-32)34-30/h21-30H,19-20H2,1-18H3/t21-,22+,23+,24-,25-,26-,27-,28-,29-,30+/m0/s1. The van der Waals surface area contributed by atoms with E-state index >= 15 is 0 Å². The number of rotatable bonds is 10. The van der Waals surface area contributed by atoms with Crippen LogP contribution in [0.5, 0.6) is 0 Å². The molecular formula is C30H68I2O3Si6. The maximum absolute atomic E-state index is 7.54. The van der Waals surface area contributed by atoms with Crippen LogP contribution in [0, 0.1) is 0 Å². The van der Waals surface area contributed by atoms with Crippen molar-refractivity contribution in [3.63, 3.8) is 0 Å². The molecule has 11 heteroatoms. The maximum atomic E-state index is 7.54. The largest absolute Gasteiger partial charge is 0.349 e. The van der Waals surface area contributed by atoms with Gasteiger partial charge in [-0.1, -0.05) is 163 Å². The molecule has 0 aromatic carbocycles. The molecule has 0 N–H and O–H groups in total. The predicted octanol–water partition coefficient (Wildman–Crippen LogP) is 11.6. The minimum Gasteiger partial charge on any atom is -0.349 e. The van der Waals surface area contributed by atoms with E-state index in [2.05, 4.69) is 163 Å². The fraction of sp³-hybridized carbons (Fsp3) is 1.00. The van der Waals surface area contributed by atoms with Crippen LogP contribution in [0.3, 0.4) is 0 Å². The molecule has 10 atom stereocenters. The van der Waals surface area contributed by atoms with E-state index in [1.165, 1.54) is 0 Å². The molecule has 2 aliphatic rings. The van der Waals surface area contributed by atoms with Crippen LogP contribution in [0.1, 0.15) is 0 Å². The molecule has 2 fully saturated rings. The zero-order valence-corrected chi connectivity index (χ0v) is 40.5. The second-order valence-electron chi connectivity index (χ2n) is 19.9. The van der Waals surface area contributed by atoms with Gasteiger partial charge >= 0.3 is 0 Å². The Hall–Kier alpha value is 2.64. The Bertz CT molecular complexity index is 796. The molecule has 0 unspecified atom stereocenters. The highest BCUT2D eigenvalue weighted by Gasteiger charge is 2.61. The number of ether oxygens (including phenoxy) is 3. The van der Waals surface area contributed by atoms with Crippen LogP contribution in [0.25, 0.3) is 0 Å². The van der Waals surface area contributed by atoms with Crippen molar-refractivity contribution in [1.29, 1.82) is 0 Å². The fourth-order valence-electron chi connectivity index (χ4n) is 8.80. The fourth-order valence-corrected chi connectivity index (χ4v) is 38.4. The maximum Gasteiger partial charge on any atom is 0.161 e. The van der Waals surface area contributed by atoms with Crippen molar-refractivity contribution in [2.75, 3.05) is 8.86 Å². The first-order chi connectivity index (χ1) is 18.1. The minimum atomic E-state index is -1.66. The van der Waals surface area contributed by atoms with Crippen molar-refractivity contribution in [2.24, 2.45) is 0 Å². The lowest BCUT2D eigenvalue weighted by atomic mass is 10.1. The third kappa shape index (κ3) is 9.38. The third-order valence-corrected chi connectivity index (χ3v) is 29.4. The van der Waals surface area contributed by atoms with Gasteiger partial charge in [0.15, 0.2) is 12.6 Å². The smallest absolute Gasteiger partial charge is 0.161 e. The van der Waals surface area contributed by atoms with Crippen molar-refractivity contribution >= 4 is 93.6 Å². The van der Waals surface area contributed by atoms with Crippen LogP contribution in [0.15, 0.2) is 0 Å².